The summed E-state index contributed by atoms with van der Waals surface area (Å²) in [7, 11) is 1.72. The Morgan fingerprint density at radius 3 is 2.26 bits per heavy atom. The Labute approximate surface area is 176 Å². The molecule has 0 saturated heterocycles. The Kier molecular flexibility index (Phi) is 7.83. The third-order valence-corrected chi connectivity index (χ3v) is 5.76. The monoisotopic (exact) mass is 495 g/mol. The standard InChI is InChI=1S/C20H28F3N3.HI/c1-24-18(26-17-9-7-16(8-10-17)20(21,22)23)25-14-19(11-12-19)13-15-5-3-2-4-6-15;/h2-6,16-17H,7-14H2,1H3,(H2,24,25,26);1H. The lowest BCUT2D eigenvalue weighted by atomic mass is 9.85. The Bertz CT molecular complexity index is 607. The highest BCUT2D eigenvalue weighted by Gasteiger charge is 2.43. The number of halogens is 4. The van der Waals surface area contributed by atoms with Crippen molar-refractivity contribution in [2.45, 2.75) is 57.2 Å². The summed E-state index contributed by atoms with van der Waals surface area (Å²) in [5, 5.41) is 6.71. The van der Waals surface area contributed by atoms with Crippen LogP contribution in [-0.2, 0) is 6.42 Å². The number of hydrogen-bond donors (Lipinski definition) is 2. The topological polar surface area (TPSA) is 36.4 Å². The predicted molar refractivity (Wildman–Crippen MR) is 114 cm³/mol. The quantitative estimate of drug-likeness (QED) is 0.346. The molecule has 0 spiro atoms. The van der Waals surface area contributed by atoms with E-state index in [0.29, 0.717) is 18.8 Å². The number of alkyl halides is 3. The van der Waals surface area contributed by atoms with Gasteiger partial charge in [0.05, 0.1) is 5.92 Å². The SMILES string of the molecule is CN=C(NCC1(Cc2ccccc2)CC1)NC1CCC(C(F)(F)F)CC1.I. The maximum Gasteiger partial charge on any atom is 0.391 e. The summed E-state index contributed by atoms with van der Waals surface area (Å²) in [6.07, 6.45) is 0.882. The summed E-state index contributed by atoms with van der Waals surface area (Å²) in [6.45, 7) is 0.847. The van der Waals surface area contributed by atoms with Crippen LogP contribution in [0.3, 0.4) is 0 Å². The number of benzene rings is 1. The molecule has 0 heterocycles. The van der Waals surface area contributed by atoms with Crippen molar-refractivity contribution < 1.29 is 13.2 Å². The minimum absolute atomic E-state index is 0. The van der Waals surface area contributed by atoms with Gasteiger partial charge in [0.1, 0.15) is 0 Å². The zero-order valence-corrected chi connectivity index (χ0v) is 18.0. The lowest BCUT2D eigenvalue weighted by molar-refractivity contribution is -0.182. The molecule has 2 fully saturated rings. The van der Waals surface area contributed by atoms with E-state index in [2.05, 4.69) is 39.9 Å². The molecular formula is C20H29F3IN3. The van der Waals surface area contributed by atoms with E-state index >= 15 is 0 Å². The first-order valence-corrected chi connectivity index (χ1v) is 9.48. The second-order valence-electron chi connectivity index (χ2n) is 7.82. The van der Waals surface area contributed by atoms with Crippen LogP contribution in [0.1, 0.15) is 44.1 Å². The molecule has 27 heavy (non-hydrogen) atoms. The first-order chi connectivity index (χ1) is 12.4. The smallest absolute Gasteiger partial charge is 0.356 e. The van der Waals surface area contributed by atoms with Crippen molar-refractivity contribution in [2.75, 3.05) is 13.6 Å². The van der Waals surface area contributed by atoms with E-state index < -0.39 is 12.1 Å². The molecule has 0 aliphatic heterocycles. The number of aliphatic imine (C=N–C) groups is 1. The van der Waals surface area contributed by atoms with Crippen LogP contribution in [-0.4, -0.2) is 31.8 Å². The normalized spacial score (nSPS) is 24.7. The number of guanidine groups is 1. The fraction of sp³-hybridized carbons (Fsp3) is 0.650. The van der Waals surface area contributed by atoms with Crippen LogP contribution in [0.4, 0.5) is 13.2 Å². The summed E-state index contributed by atoms with van der Waals surface area (Å²) in [5.41, 5.74) is 1.63. The molecule has 3 rings (SSSR count). The number of rotatable bonds is 5. The number of hydrogen-bond acceptors (Lipinski definition) is 1. The van der Waals surface area contributed by atoms with Crippen LogP contribution < -0.4 is 10.6 Å². The number of nitrogens with one attached hydrogen (secondary N) is 2. The molecule has 0 bridgehead atoms. The van der Waals surface area contributed by atoms with Crippen molar-refractivity contribution in [1.29, 1.82) is 0 Å². The molecule has 0 aromatic heterocycles. The van der Waals surface area contributed by atoms with Crippen molar-refractivity contribution in [3.05, 3.63) is 35.9 Å². The Morgan fingerprint density at radius 1 is 1.11 bits per heavy atom. The van der Waals surface area contributed by atoms with Gasteiger partial charge in [-0.15, -0.1) is 24.0 Å². The van der Waals surface area contributed by atoms with E-state index in [0.717, 1.165) is 13.0 Å². The molecule has 0 atom stereocenters. The fourth-order valence-corrected chi connectivity index (χ4v) is 3.85. The molecular weight excluding hydrogens is 466 g/mol. The van der Waals surface area contributed by atoms with Crippen LogP contribution in [0.25, 0.3) is 0 Å². The summed E-state index contributed by atoms with van der Waals surface area (Å²) in [6, 6.07) is 10.6. The summed E-state index contributed by atoms with van der Waals surface area (Å²) < 4.78 is 38.3. The van der Waals surface area contributed by atoms with E-state index in [-0.39, 0.29) is 48.3 Å². The van der Waals surface area contributed by atoms with Crippen LogP contribution in [0.5, 0.6) is 0 Å². The highest BCUT2D eigenvalue weighted by molar-refractivity contribution is 14.0. The summed E-state index contributed by atoms with van der Waals surface area (Å²) >= 11 is 0. The van der Waals surface area contributed by atoms with Gasteiger partial charge in [0.15, 0.2) is 5.96 Å². The molecule has 152 valence electrons. The second kappa shape index (κ2) is 9.47. The van der Waals surface area contributed by atoms with Gasteiger partial charge in [-0.1, -0.05) is 30.3 Å². The molecule has 3 nitrogen and oxygen atoms in total. The minimum atomic E-state index is -4.05. The van der Waals surface area contributed by atoms with E-state index in [1.54, 1.807) is 7.05 Å². The lowest BCUT2D eigenvalue weighted by Crippen LogP contribution is -2.47. The molecule has 2 N–H and O–H groups in total. The van der Waals surface area contributed by atoms with Crippen molar-refractivity contribution in [3.8, 4) is 0 Å². The molecule has 0 radical (unpaired) electrons. The minimum Gasteiger partial charge on any atom is -0.356 e. The highest BCUT2D eigenvalue weighted by Crippen LogP contribution is 2.47. The van der Waals surface area contributed by atoms with Crippen LogP contribution >= 0.6 is 24.0 Å². The van der Waals surface area contributed by atoms with E-state index in [1.165, 1.54) is 18.4 Å². The zero-order valence-electron chi connectivity index (χ0n) is 15.7. The van der Waals surface area contributed by atoms with Crippen LogP contribution in [0.2, 0.25) is 0 Å². The van der Waals surface area contributed by atoms with Crippen molar-refractivity contribution in [1.82, 2.24) is 10.6 Å². The van der Waals surface area contributed by atoms with Gasteiger partial charge >= 0.3 is 6.18 Å². The Balaban J connectivity index is 0.00000261. The predicted octanol–water partition coefficient (Wildman–Crippen LogP) is 4.91. The Hall–Kier alpha value is -0.990. The van der Waals surface area contributed by atoms with E-state index in [1.807, 2.05) is 6.07 Å². The van der Waals surface area contributed by atoms with Gasteiger partial charge in [0, 0.05) is 19.6 Å². The van der Waals surface area contributed by atoms with E-state index in [9.17, 15) is 13.2 Å². The molecule has 7 heteroatoms. The van der Waals surface area contributed by atoms with Crippen molar-refractivity contribution in [2.24, 2.45) is 16.3 Å². The average Bonchev–Trinajstić information content (AvgIpc) is 3.39. The van der Waals surface area contributed by atoms with Crippen molar-refractivity contribution >= 4 is 29.9 Å². The van der Waals surface area contributed by atoms with Crippen LogP contribution in [0.15, 0.2) is 35.3 Å². The first-order valence-electron chi connectivity index (χ1n) is 9.48. The zero-order chi connectivity index (χ0) is 18.6. The van der Waals surface area contributed by atoms with Crippen molar-refractivity contribution in [3.63, 3.8) is 0 Å². The molecule has 1 aromatic rings. The highest BCUT2D eigenvalue weighted by atomic mass is 127. The van der Waals surface area contributed by atoms with Crippen LogP contribution in [0, 0.1) is 11.3 Å². The molecule has 2 aliphatic rings. The van der Waals surface area contributed by atoms with Gasteiger partial charge in [0.2, 0.25) is 0 Å². The summed E-state index contributed by atoms with van der Waals surface area (Å²) in [4.78, 5) is 4.26. The fourth-order valence-electron chi connectivity index (χ4n) is 3.85. The van der Waals surface area contributed by atoms with Gasteiger partial charge in [0.25, 0.3) is 0 Å². The maximum absolute atomic E-state index is 12.8. The first kappa shape index (κ1) is 22.3. The molecule has 1 aromatic carbocycles. The van der Waals surface area contributed by atoms with Gasteiger partial charge in [-0.3, -0.25) is 4.99 Å². The molecule has 0 amide bonds. The largest absolute Gasteiger partial charge is 0.391 e. The maximum atomic E-state index is 12.8. The van der Waals surface area contributed by atoms with E-state index in [4.69, 9.17) is 0 Å². The average molecular weight is 495 g/mol. The third-order valence-electron chi connectivity index (χ3n) is 5.76. The van der Waals surface area contributed by atoms with Gasteiger partial charge in [-0.2, -0.15) is 13.2 Å². The molecule has 0 unspecified atom stereocenters. The molecule has 2 aliphatic carbocycles. The molecule has 2 saturated carbocycles. The third kappa shape index (κ3) is 6.54. The Morgan fingerprint density at radius 2 is 1.74 bits per heavy atom. The van der Waals surface area contributed by atoms with Gasteiger partial charge in [-0.25, -0.2) is 0 Å². The number of nitrogens with zero attached hydrogens (tertiary/aromatic N) is 1. The lowest BCUT2D eigenvalue weighted by Gasteiger charge is -2.31. The summed E-state index contributed by atoms with van der Waals surface area (Å²) in [5.74, 6) is -0.434. The second-order valence-corrected chi connectivity index (χ2v) is 7.82. The van der Waals surface area contributed by atoms with Gasteiger partial charge < -0.3 is 10.6 Å². The van der Waals surface area contributed by atoms with Gasteiger partial charge in [-0.05, 0) is 55.9 Å².